The van der Waals surface area contributed by atoms with Crippen LogP contribution in [0.2, 0.25) is 5.15 Å². The van der Waals surface area contributed by atoms with Gasteiger partial charge in [0.05, 0.1) is 16.6 Å². The predicted octanol–water partition coefficient (Wildman–Crippen LogP) is 3.24. The van der Waals surface area contributed by atoms with Gasteiger partial charge in [0.2, 0.25) is 0 Å². The summed E-state index contributed by atoms with van der Waals surface area (Å²) >= 11 is 5.84. The fourth-order valence-corrected chi connectivity index (χ4v) is 3.93. The summed E-state index contributed by atoms with van der Waals surface area (Å²) in [5, 5.41) is 1.09. The van der Waals surface area contributed by atoms with Crippen LogP contribution in [0.15, 0.2) is 53.6 Å². The van der Waals surface area contributed by atoms with Crippen molar-refractivity contribution in [2.75, 3.05) is 0 Å². The normalized spacial score (nSPS) is 11.9. The van der Waals surface area contributed by atoms with Crippen LogP contribution in [0.25, 0.3) is 10.9 Å². The van der Waals surface area contributed by atoms with E-state index in [4.69, 9.17) is 11.6 Å². The molecule has 0 radical (unpaired) electrons. The van der Waals surface area contributed by atoms with Crippen LogP contribution >= 0.6 is 11.6 Å². The van der Waals surface area contributed by atoms with Gasteiger partial charge >= 0.3 is 0 Å². The van der Waals surface area contributed by atoms with Crippen LogP contribution in [0.4, 0.5) is 0 Å². The van der Waals surface area contributed by atoms with E-state index in [0.717, 1.165) is 5.39 Å². The summed E-state index contributed by atoms with van der Waals surface area (Å²) in [6, 6.07) is 11.8. The number of rotatable bonds is 2. The van der Waals surface area contributed by atoms with Gasteiger partial charge in [-0.3, -0.25) is 0 Å². The molecule has 3 aromatic rings. The molecule has 0 aliphatic rings. The van der Waals surface area contributed by atoms with Gasteiger partial charge < -0.3 is 0 Å². The van der Waals surface area contributed by atoms with E-state index >= 15 is 0 Å². The SMILES string of the molecule is Cc1cc2cc(Cl)ncc2n1S(=O)(=O)c1ccccc1. The lowest BCUT2D eigenvalue weighted by molar-refractivity contribution is 0.588. The van der Waals surface area contributed by atoms with Crippen LogP contribution in [0.1, 0.15) is 5.69 Å². The summed E-state index contributed by atoms with van der Waals surface area (Å²) in [6.45, 7) is 1.74. The largest absolute Gasteiger partial charge is 0.268 e. The third kappa shape index (κ3) is 1.99. The van der Waals surface area contributed by atoms with Crippen LogP contribution in [0.5, 0.6) is 0 Å². The van der Waals surface area contributed by atoms with Crippen molar-refractivity contribution in [2.45, 2.75) is 11.8 Å². The third-order valence-electron chi connectivity index (χ3n) is 3.07. The maximum absolute atomic E-state index is 12.7. The first-order chi connectivity index (χ1) is 9.50. The number of halogens is 1. The van der Waals surface area contributed by atoms with Crippen molar-refractivity contribution < 1.29 is 8.42 Å². The summed E-state index contributed by atoms with van der Waals surface area (Å²) in [4.78, 5) is 4.21. The van der Waals surface area contributed by atoms with E-state index in [1.165, 1.54) is 10.2 Å². The van der Waals surface area contributed by atoms with E-state index in [1.54, 1.807) is 49.4 Å². The Hall–Kier alpha value is -1.85. The number of pyridine rings is 1. The lowest BCUT2D eigenvalue weighted by atomic mass is 10.3. The maximum atomic E-state index is 12.7. The number of nitrogens with zero attached hydrogens (tertiary/aromatic N) is 2. The second-order valence-electron chi connectivity index (χ2n) is 4.43. The Kier molecular flexibility index (Phi) is 3.03. The number of hydrogen-bond donors (Lipinski definition) is 0. The number of fused-ring (bicyclic) bond motifs is 1. The Balaban J connectivity index is 2.32. The molecule has 1 aromatic carbocycles. The van der Waals surface area contributed by atoms with Gasteiger partial charge in [-0.2, -0.15) is 0 Å². The van der Waals surface area contributed by atoms with Crippen molar-refractivity contribution in [1.82, 2.24) is 8.96 Å². The van der Waals surface area contributed by atoms with Gasteiger partial charge in [-0.15, -0.1) is 0 Å². The van der Waals surface area contributed by atoms with E-state index in [1.807, 2.05) is 0 Å². The van der Waals surface area contributed by atoms with Crippen LogP contribution in [-0.4, -0.2) is 17.4 Å². The van der Waals surface area contributed by atoms with Gasteiger partial charge in [-0.05, 0) is 31.2 Å². The van der Waals surface area contributed by atoms with Crippen LogP contribution in [0.3, 0.4) is 0 Å². The minimum absolute atomic E-state index is 0.246. The number of aromatic nitrogens is 2. The van der Waals surface area contributed by atoms with Gasteiger partial charge in [0.25, 0.3) is 10.0 Å². The van der Waals surface area contributed by atoms with Crippen LogP contribution < -0.4 is 0 Å². The minimum Gasteiger partial charge on any atom is -0.242 e. The molecule has 0 spiro atoms. The van der Waals surface area contributed by atoms with E-state index in [0.29, 0.717) is 16.4 Å². The van der Waals surface area contributed by atoms with Crippen LogP contribution in [-0.2, 0) is 10.0 Å². The van der Waals surface area contributed by atoms with Crippen molar-refractivity contribution in [3.8, 4) is 0 Å². The summed E-state index contributed by atoms with van der Waals surface area (Å²) in [5.74, 6) is 0. The molecular weight excluding hydrogens is 296 g/mol. The lowest BCUT2D eigenvalue weighted by Gasteiger charge is -2.09. The molecule has 20 heavy (non-hydrogen) atoms. The molecule has 0 aliphatic carbocycles. The molecule has 0 amide bonds. The topological polar surface area (TPSA) is 52.0 Å². The fourth-order valence-electron chi connectivity index (χ4n) is 2.21. The zero-order valence-corrected chi connectivity index (χ0v) is 12.2. The molecular formula is C14H11ClN2O2S. The minimum atomic E-state index is -3.63. The molecule has 2 heterocycles. The van der Waals surface area contributed by atoms with Crippen molar-refractivity contribution >= 4 is 32.5 Å². The molecule has 0 atom stereocenters. The Morgan fingerprint density at radius 1 is 1.15 bits per heavy atom. The summed E-state index contributed by atoms with van der Waals surface area (Å²) in [5.41, 5.74) is 1.14. The molecule has 4 nitrogen and oxygen atoms in total. The standard InChI is InChI=1S/C14H11ClN2O2S/c1-10-7-11-8-14(15)16-9-13(11)17(10)20(18,19)12-5-3-2-4-6-12/h2-9H,1H3. The Morgan fingerprint density at radius 3 is 2.55 bits per heavy atom. The highest BCUT2D eigenvalue weighted by molar-refractivity contribution is 7.90. The monoisotopic (exact) mass is 306 g/mol. The molecule has 6 heteroatoms. The molecule has 0 unspecified atom stereocenters. The molecule has 102 valence electrons. The Labute approximate surface area is 121 Å². The second-order valence-corrected chi connectivity index (χ2v) is 6.61. The quantitative estimate of drug-likeness (QED) is 0.683. The molecule has 3 rings (SSSR count). The fraction of sp³-hybridized carbons (Fsp3) is 0.0714. The molecule has 2 aromatic heterocycles. The summed E-state index contributed by atoms with van der Waals surface area (Å²) in [7, 11) is -3.63. The Morgan fingerprint density at radius 2 is 1.85 bits per heavy atom. The van der Waals surface area contributed by atoms with Gasteiger partial charge in [-0.25, -0.2) is 17.4 Å². The van der Waals surface area contributed by atoms with E-state index < -0.39 is 10.0 Å². The Bertz CT molecular complexity index is 886. The van der Waals surface area contributed by atoms with Gasteiger partial charge in [0.15, 0.2) is 0 Å². The second kappa shape index (κ2) is 4.61. The first-order valence-electron chi connectivity index (χ1n) is 5.94. The van der Waals surface area contributed by atoms with Gasteiger partial charge in [-0.1, -0.05) is 29.8 Å². The average Bonchev–Trinajstić information content (AvgIpc) is 2.75. The first-order valence-corrected chi connectivity index (χ1v) is 7.76. The van der Waals surface area contributed by atoms with Crippen molar-refractivity contribution in [3.63, 3.8) is 0 Å². The highest BCUT2D eigenvalue weighted by atomic mass is 35.5. The third-order valence-corrected chi connectivity index (χ3v) is 5.11. The first kappa shape index (κ1) is 13.1. The summed E-state index contributed by atoms with van der Waals surface area (Å²) < 4.78 is 26.7. The smallest absolute Gasteiger partial charge is 0.242 e. The molecule has 0 aliphatic heterocycles. The molecule has 0 fully saturated rings. The van der Waals surface area contributed by atoms with E-state index in [-0.39, 0.29) is 4.90 Å². The number of hydrogen-bond acceptors (Lipinski definition) is 3. The van der Waals surface area contributed by atoms with Crippen molar-refractivity contribution in [1.29, 1.82) is 0 Å². The number of aryl methyl sites for hydroxylation is 1. The van der Waals surface area contributed by atoms with Crippen LogP contribution in [0, 0.1) is 6.92 Å². The molecule has 0 N–H and O–H groups in total. The van der Waals surface area contributed by atoms with Crippen molar-refractivity contribution in [2.24, 2.45) is 0 Å². The van der Waals surface area contributed by atoms with E-state index in [9.17, 15) is 8.42 Å². The zero-order valence-electron chi connectivity index (χ0n) is 10.6. The zero-order chi connectivity index (χ0) is 14.3. The van der Waals surface area contributed by atoms with E-state index in [2.05, 4.69) is 4.98 Å². The predicted molar refractivity (Wildman–Crippen MR) is 78.5 cm³/mol. The average molecular weight is 307 g/mol. The molecule has 0 bridgehead atoms. The molecule has 0 saturated carbocycles. The summed E-state index contributed by atoms with van der Waals surface area (Å²) in [6.07, 6.45) is 1.48. The maximum Gasteiger partial charge on any atom is 0.268 e. The van der Waals surface area contributed by atoms with Gasteiger partial charge in [0, 0.05) is 11.1 Å². The highest BCUT2D eigenvalue weighted by Gasteiger charge is 2.21. The highest BCUT2D eigenvalue weighted by Crippen LogP contribution is 2.26. The molecule has 0 saturated heterocycles. The lowest BCUT2D eigenvalue weighted by Crippen LogP contribution is -2.14. The van der Waals surface area contributed by atoms with Gasteiger partial charge in [0.1, 0.15) is 5.15 Å². The van der Waals surface area contributed by atoms with Crippen molar-refractivity contribution in [3.05, 3.63) is 59.5 Å². The number of benzene rings is 1.